The van der Waals surface area contributed by atoms with Gasteiger partial charge in [0.15, 0.2) is 0 Å². The molecular weight excluding hydrogens is 234 g/mol. The first-order chi connectivity index (χ1) is 8.06. The summed E-state index contributed by atoms with van der Waals surface area (Å²) in [6.07, 6.45) is 7.64. The van der Waals surface area contributed by atoms with Gasteiger partial charge in [-0.1, -0.05) is 12.8 Å². The molecule has 1 saturated carbocycles. The van der Waals surface area contributed by atoms with E-state index in [-0.39, 0.29) is 5.91 Å². The molecule has 1 aliphatic heterocycles. The Bertz CT molecular complexity index is 288. The summed E-state index contributed by atoms with van der Waals surface area (Å²) >= 11 is 5.93. The molecule has 0 bridgehead atoms. The maximum Gasteiger partial charge on any atom is 0.229 e. The van der Waals surface area contributed by atoms with E-state index >= 15 is 0 Å². The normalized spacial score (nSPS) is 29.9. The minimum absolute atomic E-state index is 0.268. The highest BCUT2D eigenvalue weighted by atomic mass is 35.5. The second-order valence-electron chi connectivity index (χ2n) is 6.27. The van der Waals surface area contributed by atoms with Gasteiger partial charge < -0.3 is 4.90 Å². The van der Waals surface area contributed by atoms with Crippen LogP contribution in [0.5, 0.6) is 0 Å². The highest BCUT2D eigenvalue weighted by Crippen LogP contribution is 2.37. The van der Waals surface area contributed by atoms with Crippen molar-refractivity contribution in [1.29, 1.82) is 0 Å². The molecule has 17 heavy (non-hydrogen) atoms. The van der Waals surface area contributed by atoms with Crippen LogP contribution in [0.25, 0.3) is 0 Å². The summed E-state index contributed by atoms with van der Waals surface area (Å²) in [5.41, 5.74) is -0.402. The molecule has 0 unspecified atom stereocenters. The molecule has 1 amide bonds. The third-order valence-electron chi connectivity index (χ3n) is 4.42. The van der Waals surface area contributed by atoms with Crippen molar-refractivity contribution in [3.05, 3.63) is 0 Å². The van der Waals surface area contributed by atoms with E-state index in [0.717, 1.165) is 12.5 Å². The van der Waals surface area contributed by atoms with Crippen molar-refractivity contribution in [2.45, 2.75) is 58.4 Å². The van der Waals surface area contributed by atoms with Crippen LogP contribution in [-0.2, 0) is 4.79 Å². The smallest absolute Gasteiger partial charge is 0.229 e. The molecule has 0 aromatic heterocycles. The molecular formula is C14H24ClNO. The van der Waals surface area contributed by atoms with E-state index in [0.29, 0.717) is 11.9 Å². The number of nitrogens with zero attached hydrogens (tertiary/aromatic N) is 1. The molecule has 0 spiro atoms. The van der Waals surface area contributed by atoms with Crippen LogP contribution < -0.4 is 0 Å². The van der Waals surface area contributed by atoms with Gasteiger partial charge in [0.25, 0.3) is 0 Å². The van der Waals surface area contributed by atoms with Crippen LogP contribution in [0, 0.1) is 11.3 Å². The lowest BCUT2D eigenvalue weighted by Crippen LogP contribution is -2.53. The van der Waals surface area contributed by atoms with E-state index < -0.39 is 5.41 Å². The van der Waals surface area contributed by atoms with Gasteiger partial charge in [-0.25, -0.2) is 0 Å². The topological polar surface area (TPSA) is 20.3 Å². The predicted molar refractivity (Wildman–Crippen MR) is 71.2 cm³/mol. The number of likely N-dealkylation sites (tertiary alicyclic amines) is 1. The molecule has 1 heterocycles. The Hall–Kier alpha value is -0.240. The van der Waals surface area contributed by atoms with Gasteiger partial charge in [-0.3, -0.25) is 4.79 Å². The molecule has 0 aromatic carbocycles. The fraction of sp³-hybridized carbons (Fsp3) is 0.929. The summed E-state index contributed by atoms with van der Waals surface area (Å²) in [6, 6.07) is 0.507. The van der Waals surface area contributed by atoms with Gasteiger partial charge in [0, 0.05) is 18.5 Å². The summed E-state index contributed by atoms with van der Waals surface area (Å²) in [4.78, 5) is 14.7. The highest BCUT2D eigenvalue weighted by Gasteiger charge is 2.40. The average molecular weight is 258 g/mol. The van der Waals surface area contributed by atoms with E-state index in [9.17, 15) is 4.79 Å². The summed E-state index contributed by atoms with van der Waals surface area (Å²) in [5, 5.41) is 0. The molecule has 2 atom stereocenters. The lowest BCUT2D eigenvalue weighted by Gasteiger charge is -2.46. The number of hydrogen-bond donors (Lipinski definition) is 0. The Balaban J connectivity index is 2.11. The van der Waals surface area contributed by atoms with E-state index in [4.69, 9.17) is 11.6 Å². The van der Waals surface area contributed by atoms with Gasteiger partial charge in [0.2, 0.25) is 5.91 Å². The number of rotatable bonds is 2. The van der Waals surface area contributed by atoms with Crippen LogP contribution in [-0.4, -0.2) is 29.3 Å². The number of alkyl halides is 1. The minimum Gasteiger partial charge on any atom is -0.339 e. The largest absolute Gasteiger partial charge is 0.339 e. The third kappa shape index (κ3) is 2.62. The fourth-order valence-electron chi connectivity index (χ4n) is 3.32. The lowest BCUT2D eigenvalue weighted by atomic mass is 9.77. The van der Waals surface area contributed by atoms with E-state index in [1.54, 1.807) is 0 Å². The van der Waals surface area contributed by atoms with Gasteiger partial charge in [-0.2, -0.15) is 0 Å². The van der Waals surface area contributed by atoms with Crippen molar-refractivity contribution in [2.24, 2.45) is 11.3 Å². The van der Waals surface area contributed by atoms with Crippen LogP contribution in [0.1, 0.15) is 52.4 Å². The van der Waals surface area contributed by atoms with Crippen LogP contribution in [0.2, 0.25) is 0 Å². The zero-order chi connectivity index (χ0) is 12.5. The van der Waals surface area contributed by atoms with E-state index in [1.165, 1.54) is 38.5 Å². The maximum atomic E-state index is 12.5. The zero-order valence-corrected chi connectivity index (χ0v) is 11.8. The zero-order valence-electron chi connectivity index (χ0n) is 11.0. The Kier molecular flexibility index (Phi) is 4.02. The molecule has 0 aromatic rings. The maximum absolute atomic E-state index is 12.5. The average Bonchev–Trinajstić information content (AvgIpc) is 2.37. The quantitative estimate of drug-likeness (QED) is 0.694. The van der Waals surface area contributed by atoms with Gasteiger partial charge in [0.05, 0.1) is 5.41 Å². The third-order valence-corrected chi connectivity index (χ3v) is 5.09. The second kappa shape index (κ2) is 5.17. The lowest BCUT2D eigenvalue weighted by molar-refractivity contribution is -0.145. The predicted octanol–water partition coefficient (Wildman–Crippen LogP) is 3.43. The standard InChI is InChI=1S/C14H24ClNO/c1-14(2,10-15)13(17)16-9-5-7-11-6-3-4-8-12(11)16/h11-12H,3-10H2,1-2H3/t11-,12-/m1/s1. The Morgan fingerprint density at radius 3 is 2.59 bits per heavy atom. The highest BCUT2D eigenvalue weighted by molar-refractivity contribution is 6.19. The summed E-state index contributed by atoms with van der Waals surface area (Å²) in [6.45, 7) is 4.88. The van der Waals surface area contributed by atoms with Gasteiger partial charge in [-0.05, 0) is 45.4 Å². The number of carbonyl (C=O) groups is 1. The van der Waals surface area contributed by atoms with Crippen molar-refractivity contribution < 1.29 is 4.79 Å². The number of carbonyl (C=O) groups excluding carboxylic acids is 1. The van der Waals surface area contributed by atoms with Gasteiger partial charge in [0.1, 0.15) is 0 Å². The van der Waals surface area contributed by atoms with Crippen LogP contribution in [0.3, 0.4) is 0 Å². The number of hydrogen-bond acceptors (Lipinski definition) is 1. The number of piperidine rings is 1. The number of halogens is 1. The van der Waals surface area contributed by atoms with Crippen molar-refractivity contribution in [3.63, 3.8) is 0 Å². The number of fused-ring (bicyclic) bond motifs is 1. The molecule has 2 aliphatic rings. The molecule has 1 aliphatic carbocycles. The fourth-order valence-corrected chi connectivity index (χ4v) is 3.44. The molecule has 2 rings (SSSR count). The molecule has 2 nitrogen and oxygen atoms in total. The molecule has 2 fully saturated rings. The minimum atomic E-state index is -0.402. The summed E-state index contributed by atoms with van der Waals surface area (Å²) in [5.74, 6) is 1.44. The Labute approximate surface area is 110 Å². The first-order valence-electron chi connectivity index (χ1n) is 6.93. The van der Waals surface area contributed by atoms with Crippen molar-refractivity contribution in [3.8, 4) is 0 Å². The van der Waals surface area contributed by atoms with Crippen LogP contribution in [0.15, 0.2) is 0 Å². The van der Waals surface area contributed by atoms with E-state index in [2.05, 4.69) is 4.90 Å². The molecule has 3 heteroatoms. The second-order valence-corrected chi connectivity index (χ2v) is 6.54. The van der Waals surface area contributed by atoms with Gasteiger partial charge in [-0.15, -0.1) is 11.6 Å². The first kappa shape index (κ1) is 13.2. The molecule has 0 N–H and O–H groups in total. The van der Waals surface area contributed by atoms with Crippen LogP contribution in [0.4, 0.5) is 0 Å². The monoisotopic (exact) mass is 257 g/mol. The number of amides is 1. The molecule has 1 saturated heterocycles. The summed E-state index contributed by atoms with van der Waals surface area (Å²) in [7, 11) is 0. The van der Waals surface area contributed by atoms with Crippen molar-refractivity contribution in [2.75, 3.05) is 12.4 Å². The Morgan fingerprint density at radius 2 is 1.88 bits per heavy atom. The van der Waals surface area contributed by atoms with Crippen molar-refractivity contribution >= 4 is 17.5 Å². The van der Waals surface area contributed by atoms with Crippen molar-refractivity contribution in [1.82, 2.24) is 4.90 Å². The van der Waals surface area contributed by atoms with Gasteiger partial charge >= 0.3 is 0 Å². The molecule has 0 radical (unpaired) electrons. The Morgan fingerprint density at radius 1 is 1.24 bits per heavy atom. The SMILES string of the molecule is CC(C)(CCl)C(=O)N1CCC[C@H]2CCCC[C@H]21. The molecule has 98 valence electrons. The summed E-state index contributed by atoms with van der Waals surface area (Å²) < 4.78 is 0. The van der Waals surface area contributed by atoms with Crippen LogP contribution >= 0.6 is 11.6 Å². The first-order valence-corrected chi connectivity index (χ1v) is 7.47. The van der Waals surface area contributed by atoms with E-state index in [1.807, 2.05) is 13.8 Å².